The molecule has 6 N–H and O–H groups in total. The van der Waals surface area contributed by atoms with Gasteiger partial charge in [0.15, 0.2) is 0 Å². The number of nitrogen functional groups attached to an aromatic ring is 1. The van der Waals surface area contributed by atoms with Gasteiger partial charge in [0.2, 0.25) is 0 Å². The van der Waals surface area contributed by atoms with Crippen LogP contribution >= 0.6 is 0 Å². The van der Waals surface area contributed by atoms with Crippen LogP contribution in [0.4, 0.5) is 11.4 Å². The van der Waals surface area contributed by atoms with Crippen molar-refractivity contribution >= 4 is 11.4 Å². The molecule has 0 saturated heterocycles. The molecule has 0 bridgehead atoms. The van der Waals surface area contributed by atoms with E-state index >= 15 is 0 Å². The Morgan fingerprint density at radius 1 is 1.19 bits per heavy atom. The van der Waals surface area contributed by atoms with Crippen LogP contribution in [0.2, 0.25) is 0 Å². The van der Waals surface area contributed by atoms with Crippen molar-refractivity contribution in [2.24, 2.45) is 0 Å². The van der Waals surface area contributed by atoms with Gasteiger partial charge >= 0.3 is 0 Å². The van der Waals surface area contributed by atoms with Gasteiger partial charge in [0.05, 0.1) is 31.2 Å². The maximum atomic E-state index is 9.17. The minimum atomic E-state index is -1.15. The van der Waals surface area contributed by atoms with Gasteiger partial charge in [-0.25, -0.2) is 0 Å². The number of hydrogen-bond donors (Lipinski definition) is 5. The van der Waals surface area contributed by atoms with Crippen molar-refractivity contribution in [1.82, 2.24) is 0 Å². The first-order valence-electron chi connectivity index (χ1n) is 5.04. The summed E-state index contributed by atoms with van der Waals surface area (Å²) in [4.78, 5) is 0. The van der Waals surface area contributed by atoms with E-state index in [0.29, 0.717) is 11.4 Å². The summed E-state index contributed by atoms with van der Waals surface area (Å²) in [6.07, 6.45) is 0. The quantitative estimate of drug-likeness (QED) is 0.444. The number of hydrogen-bond acceptors (Lipinski definition) is 5. The van der Waals surface area contributed by atoms with E-state index in [9.17, 15) is 15.3 Å². The van der Waals surface area contributed by atoms with E-state index in [-0.39, 0.29) is 19.8 Å². The minimum Gasteiger partial charge on any atom is -0.397 e. The molecule has 1 rings (SSSR count). The van der Waals surface area contributed by atoms with Crippen LogP contribution in [0.15, 0.2) is 18.2 Å². The lowest BCUT2D eigenvalue weighted by Gasteiger charge is -2.30. The van der Waals surface area contributed by atoms with E-state index in [1.807, 2.05) is 13.0 Å². The SMILES string of the molecule is Cc1ccc(N)c(NC(CO)(CO)CO)c1. The number of rotatable bonds is 5. The van der Waals surface area contributed by atoms with Crippen molar-refractivity contribution in [2.75, 3.05) is 30.9 Å². The molecule has 0 aliphatic heterocycles. The highest BCUT2D eigenvalue weighted by atomic mass is 16.3. The second kappa shape index (κ2) is 5.16. The number of benzene rings is 1. The summed E-state index contributed by atoms with van der Waals surface area (Å²) in [5.74, 6) is 0. The highest BCUT2D eigenvalue weighted by molar-refractivity contribution is 5.68. The molecule has 0 unspecified atom stereocenters. The largest absolute Gasteiger partial charge is 0.397 e. The van der Waals surface area contributed by atoms with E-state index in [2.05, 4.69) is 5.32 Å². The summed E-state index contributed by atoms with van der Waals surface area (Å²) < 4.78 is 0. The zero-order chi connectivity index (χ0) is 12.2. The fourth-order valence-corrected chi connectivity index (χ4v) is 1.33. The Hall–Kier alpha value is -1.30. The van der Waals surface area contributed by atoms with Crippen LogP contribution in [0, 0.1) is 6.92 Å². The van der Waals surface area contributed by atoms with Gasteiger partial charge in [-0.2, -0.15) is 0 Å². The molecule has 16 heavy (non-hydrogen) atoms. The van der Waals surface area contributed by atoms with Crippen LogP contribution in [-0.4, -0.2) is 40.7 Å². The summed E-state index contributed by atoms with van der Waals surface area (Å²) in [6, 6.07) is 5.39. The molecule has 0 radical (unpaired) electrons. The first kappa shape index (κ1) is 12.8. The number of nitrogens with one attached hydrogen (secondary N) is 1. The number of anilines is 2. The lowest BCUT2D eigenvalue weighted by atomic mass is 10.0. The molecule has 0 spiro atoms. The Kier molecular flexibility index (Phi) is 4.12. The Morgan fingerprint density at radius 2 is 1.75 bits per heavy atom. The number of aryl methyl sites for hydroxylation is 1. The predicted octanol–water partition coefficient (Wildman–Crippen LogP) is -0.295. The molecule has 5 heteroatoms. The summed E-state index contributed by atoms with van der Waals surface area (Å²) in [6.45, 7) is 0.761. The highest BCUT2D eigenvalue weighted by Crippen LogP contribution is 2.23. The van der Waals surface area contributed by atoms with E-state index in [0.717, 1.165) is 5.56 Å². The average Bonchev–Trinajstić information content (AvgIpc) is 2.31. The summed E-state index contributed by atoms with van der Waals surface area (Å²) in [5.41, 5.74) is 6.70. The molecular weight excluding hydrogens is 208 g/mol. The summed E-state index contributed by atoms with van der Waals surface area (Å²) >= 11 is 0. The highest BCUT2D eigenvalue weighted by Gasteiger charge is 2.28. The van der Waals surface area contributed by atoms with Gasteiger partial charge in [-0.3, -0.25) is 0 Å². The van der Waals surface area contributed by atoms with Gasteiger partial charge in [-0.05, 0) is 24.6 Å². The molecule has 0 aliphatic carbocycles. The molecule has 0 saturated carbocycles. The average molecular weight is 226 g/mol. The minimum absolute atomic E-state index is 0.382. The van der Waals surface area contributed by atoms with E-state index in [4.69, 9.17) is 5.73 Å². The van der Waals surface area contributed by atoms with E-state index in [1.54, 1.807) is 12.1 Å². The van der Waals surface area contributed by atoms with Gasteiger partial charge in [0.25, 0.3) is 0 Å². The van der Waals surface area contributed by atoms with Gasteiger partial charge in [-0.15, -0.1) is 0 Å². The van der Waals surface area contributed by atoms with Crippen LogP contribution in [0.1, 0.15) is 5.56 Å². The molecule has 1 aromatic carbocycles. The standard InChI is InChI=1S/C11H18N2O3/c1-8-2-3-9(12)10(4-8)13-11(5-14,6-15)7-16/h2-4,13-16H,5-7,12H2,1H3. The molecule has 90 valence electrons. The van der Waals surface area contributed by atoms with Gasteiger partial charge in [0, 0.05) is 0 Å². The third kappa shape index (κ3) is 2.63. The third-order valence-corrected chi connectivity index (χ3v) is 2.52. The van der Waals surface area contributed by atoms with Crippen LogP contribution in [-0.2, 0) is 0 Å². The first-order valence-corrected chi connectivity index (χ1v) is 5.04. The molecule has 1 aromatic rings. The molecule has 0 fully saturated rings. The molecule has 5 nitrogen and oxygen atoms in total. The maximum Gasteiger partial charge on any atom is 0.107 e. The fourth-order valence-electron chi connectivity index (χ4n) is 1.33. The van der Waals surface area contributed by atoms with Crippen LogP contribution in [0.3, 0.4) is 0 Å². The van der Waals surface area contributed by atoms with Crippen LogP contribution in [0.5, 0.6) is 0 Å². The number of nitrogens with two attached hydrogens (primary N) is 1. The van der Waals surface area contributed by atoms with Gasteiger partial charge in [0.1, 0.15) is 5.54 Å². The smallest absolute Gasteiger partial charge is 0.107 e. The van der Waals surface area contributed by atoms with Gasteiger partial charge < -0.3 is 26.4 Å². The Labute approximate surface area is 94.5 Å². The zero-order valence-electron chi connectivity index (χ0n) is 9.27. The van der Waals surface area contributed by atoms with Crippen molar-refractivity contribution in [3.63, 3.8) is 0 Å². The van der Waals surface area contributed by atoms with Crippen LogP contribution < -0.4 is 11.1 Å². The topological polar surface area (TPSA) is 98.7 Å². The van der Waals surface area contributed by atoms with Gasteiger partial charge in [-0.1, -0.05) is 6.07 Å². The Bertz CT molecular complexity index is 343. The Balaban J connectivity index is 2.97. The summed E-state index contributed by atoms with van der Waals surface area (Å²) in [5, 5.41) is 30.4. The molecule has 0 amide bonds. The second-order valence-corrected chi connectivity index (χ2v) is 3.97. The molecule has 0 aromatic heterocycles. The molecular formula is C11H18N2O3. The van der Waals surface area contributed by atoms with Crippen molar-refractivity contribution in [3.05, 3.63) is 23.8 Å². The number of aliphatic hydroxyl groups is 3. The van der Waals surface area contributed by atoms with Crippen molar-refractivity contribution in [1.29, 1.82) is 0 Å². The molecule has 0 aliphatic rings. The zero-order valence-corrected chi connectivity index (χ0v) is 9.27. The van der Waals surface area contributed by atoms with E-state index < -0.39 is 5.54 Å². The monoisotopic (exact) mass is 226 g/mol. The molecule has 0 atom stereocenters. The molecule has 0 heterocycles. The lowest BCUT2D eigenvalue weighted by molar-refractivity contribution is 0.0834. The Morgan fingerprint density at radius 3 is 2.25 bits per heavy atom. The second-order valence-electron chi connectivity index (χ2n) is 3.97. The third-order valence-electron chi connectivity index (χ3n) is 2.52. The van der Waals surface area contributed by atoms with Crippen molar-refractivity contribution in [3.8, 4) is 0 Å². The van der Waals surface area contributed by atoms with Crippen molar-refractivity contribution in [2.45, 2.75) is 12.5 Å². The van der Waals surface area contributed by atoms with E-state index in [1.165, 1.54) is 0 Å². The maximum absolute atomic E-state index is 9.17. The van der Waals surface area contributed by atoms with Crippen LogP contribution in [0.25, 0.3) is 0 Å². The van der Waals surface area contributed by atoms with Crippen molar-refractivity contribution < 1.29 is 15.3 Å². The summed E-state index contributed by atoms with van der Waals surface area (Å²) in [7, 11) is 0. The predicted molar refractivity (Wildman–Crippen MR) is 63.2 cm³/mol. The number of aliphatic hydroxyl groups excluding tert-OH is 3. The normalized spacial score (nSPS) is 11.5. The fraction of sp³-hybridized carbons (Fsp3) is 0.455. The first-order chi connectivity index (χ1) is 7.56. The lowest BCUT2D eigenvalue weighted by Crippen LogP contribution is -2.49.